The molecule has 1 unspecified atom stereocenters. The van der Waals surface area contributed by atoms with E-state index in [0.29, 0.717) is 5.92 Å². The number of hydrogen-bond donors (Lipinski definition) is 1. The molecule has 0 saturated carbocycles. The standard InChI is InChI=1S/C17H20O2/c1-3-14(2)7-5-4-6-8-15-9-11-16(12-10-15)13-17(18)19/h3-7,9-12,14H,1,8,13H2,2H3,(H,18,19)/b6-4-,7-5-. The van der Waals surface area contributed by atoms with Crippen molar-refractivity contribution in [3.63, 3.8) is 0 Å². The molecular formula is C17H20O2. The summed E-state index contributed by atoms with van der Waals surface area (Å²) in [6, 6.07) is 7.68. The van der Waals surface area contributed by atoms with Gasteiger partial charge in [-0.3, -0.25) is 4.79 Å². The van der Waals surface area contributed by atoms with Crippen molar-refractivity contribution in [2.75, 3.05) is 0 Å². The molecule has 1 atom stereocenters. The van der Waals surface area contributed by atoms with Crippen LogP contribution in [0.25, 0.3) is 0 Å². The summed E-state index contributed by atoms with van der Waals surface area (Å²) in [5.74, 6) is -0.408. The highest BCUT2D eigenvalue weighted by Gasteiger charge is 1.99. The van der Waals surface area contributed by atoms with Crippen molar-refractivity contribution in [1.29, 1.82) is 0 Å². The van der Waals surface area contributed by atoms with Gasteiger partial charge in [0.15, 0.2) is 0 Å². The first kappa shape index (κ1) is 15.0. The molecular weight excluding hydrogens is 236 g/mol. The van der Waals surface area contributed by atoms with E-state index < -0.39 is 5.97 Å². The molecule has 0 aliphatic rings. The Morgan fingerprint density at radius 3 is 2.47 bits per heavy atom. The van der Waals surface area contributed by atoms with E-state index >= 15 is 0 Å². The smallest absolute Gasteiger partial charge is 0.307 e. The van der Waals surface area contributed by atoms with E-state index in [1.807, 2.05) is 42.5 Å². The second-order valence-electron chi connectivity index (χ2n) is 4.50. The van der Waals surface area contributed by atoms with Crippen LogP contribution in [-0.4, -0.2) is 11.1 Å². The Balaban J connectivity index is 2.45. The van der Waals surface area contributed by atoms with Gasteiger partial charge in [0.25, 0.3) is 0 Å². The van der Waals surface area contributed by atoms with Crippen LogP contribution in [-0.2, 0) is 17.6 Å². The first-order valence-corrected chi connectivity index (χ1v) is 6.37. The third-order valence-electron chi connectivity index (χ3n) is 2.77. The van der Waals surface area contributed by atoms with Crippen LogP contribution in [0.2, 0.25) is 0 Å². The number of benzene rings is 1. The minimum atomic E-state index is -0.797. The highest BCUT2D eigenvalue weighted by atomic mass is 16.4. The van der Waals surface area contributed by atoms with Crippen molar-refractivity contribution in [2.24, 2.45) is 5.92 Å². The van der Waals surface area contributed by atoms with E-state index in [2.05, 4.69) is 25.7 Å². The van der Waals surface area contributed by atoms with Gasteiger partial charge in [0.05, 0.1) is 6.42 Å². The van der Waals surface area contributed by atoms with E-state index in [1.54, 1.807) is 0 Å². The zero-order valence-corrected chi connectivity index (χ0v) is 11.3. The fourth-order valence-electron chi connectivity index (χ4n) is 1.57. The van der Waals surface area contributed by atoms with Gasteiger partial charge in [0.1, 0.15) is 0 Å². The zero-order valence-electron chi connectivity index (χ0n) is 11.3. The molecule has 1 aromatic rings. The molecule has 0 amide bonds. The highest BCUT2D eigenvalue weighted by Crippen LogP contribution is 2.07. The molecule has 0 heterocycles. The summed E-state index contributed by atoms with van der Waals surface area (Å²) in [6.07, 6.45) is 11.0. The van der Waals surface area contributed by atoms with Gasteiger partial charge in [-0.1, -0.05) is 61.6 Å². The molecule has 0 fully saturated rings. The largest absolute Gasteiger partial charge is 0.481 e. The summed E-state index contributed by atoms with van der Waals surface area (Å²) < 4.78 is 0. The lowest BCUT2D eigenvalue weighted by atomic mass is 10.1. The number of carboxylic acid groups (broad SMARTS) is 1. The van der Waals surface area contributed by atoms with Crippen LogP contribution in [0.5, 0.6) is 0 Å². The maximum Gasteiger partial charge on any atom is 0.307 e. The van der Waals surface area contributed by atoms with Crippen molar-refractivity contribution in [3.05, 3.63) is 72.4 Å². The molecule has 0 saturated heterocycles. The van der Waals surface area contributed by atoms with Crippen LogP contribution in [0.3, 0.4) is 0 Å². The molecule has 1 aromatic carbocycles. The average Bonchev–Trinajstić information content (AvgIpc) is 2.39. The van der Waals surface area contributed by atoms with Gasteiger partial charge >= 0.3 is 5.97 Å². The highest BCUT2D eigenvalue weighted by molar-refractivity contribution is 5.70. The normalized spacial score (nSPS) is 12.9. The minimum absolute atomic E-state index is 0.0816. The quantitative estimate of drug-likeness (QED) is 0.595. The molecule has 1 N–H and O–H groups in total. The fourth-order valence-corrected chi connectivity index (χ4v) is 1.57. The Labute approximate surface area is 114 Å². The van der Waals surface area contributed by atoms with E-state index in [-0.39, 0.29) is 6.42 Å². The molecule has 0 spiro atoms. The van der Waals surface area contributed by atoms with Crippen LogP contribution >= 0.6 is 0 Å². The lowest BCUT2D eigenvalue weighted by molar-refractivity contribution is -0.136. The molecule has 0 bridgehead atoms. The number of rotatable bonds is 7. The van der Waals surface area contributed by atoms with Gasteiger partial charge in [-0.25, -0.2) is 0 Å². The molecule has 0 radical (unpaired) electrons. The number of allylic oxidation sites excluding steroid dienone is 5. The summed E-state index contributed by atoms with van der Waals surface area (Å²) in [6.45, 7) is 5.80. The van der Waals surface area contributed by atoms with Crippen LogP contribution in [0.1, 0.15) is 18.1 Å². The Kier molecular flexibility index (Phi) is 6.37. The van der Waals surface area contributed by atoms with Crippen LogP contribution in [0.15, 0.2) is 61.2 Å². The summed E-state index contributed by atoms with van der Waals surface area (Å²) >= 11 is 0. The van der Waals surface area contributed by atoms with Gasteiger partial charge in [-0.2, -0.15) is 0 Å². The first-order valence-electron chi connectivity index (χ1n) is 6.37. The molecule has 1 rings (SSSR count). The fraction of sp³-hybridized carbons (Fsp3) is 0.235. The minimum Gasteiger partial charge on any atom is -0.481 e. The Bertz CT molecular complexity index is 467. The molecule has 0 aromatic heterocycles. The first-order chi connectivity index (χ1) is 9.11. The Hall–Kier alpha value is -2.09. The number of carbonyl (C=O) groups is 1. The predicted molar refractivity (Wildman–Crippen MR) is 79.1 cm³/mol. The van der Waals surface area contributed by atoms with Crippen molar-refractivity contribution in [3.8, 4) is 0 Å². The molecule has 100 valence electrons. The number of carboxylic acids is 1. The maximum atomic E-state index is 10.6. The second kappa shape index (κ2) is 8.09. The third-order valence-corrected chi connectivity index (χ3v) is 2.77. The van der Waals surface area contributed by atoms with E-state index in [4.69, 9.17) is 5.11 Å². The molecule has 19 heavy (non-hydrogen) atoms. The summed E-state index contributed by atoms with van der Waals surface area (Å²) in [5, 5.41) is 8.68. The van der Waals surface area contributed by atoms with Gasteiger partial charge in [-0.15, -0.1) is 6.58 Å². The number of hydrogen-bond acceptors (Lipinski definition) is 1. The monoisotopic (exact) mass is 256 g/mol. The van der Waals surface area contributed by atoms with Crippen LogP contribution in [0, 0.1) is 5.92 Å². The Morgan fingerprint density at radius 2 is 1.89 bits per heavy atom. The number of aliphatic carboxylic acids is 1. The molecule has 2 heteroatoms. The lowest BCUT2D eigenvalue weighted by Crippen LogP contribution is -1.99. The van der Waals surface area contributed by atoms with Crippen molar-refractivity contribution >= 4 is 5.97 Å². The maximum absolute atomic E-state index is 10.6. The molecule has 2 nitrogen and oxygen atoms in total. The second-order valence-corrected chi connectivity index (χ2v) is 4.50. The third kappa shape index (κ3) is 6.41. The lowest BCUT2D eigenvalue weighted by Gasteiger charge is -1.99. The summed E-state index contributed by atoms with van der Waals surface area (Å²) in [7, 11) is 0. The topological polar surface area (TPSA) is 37.3 Å². The van der Waals surface area contributed by atoms with Gasteiger partial charge in [0, 0.05) is 0 Å². The summed E-state index contributed by atoms with van der Waals surface area (Å²) in [5.41, 5.74) is 2.01. The van der Waals surface area contributed by atoms with Crippen LogP contribution in [0.4, 0.5) is 0 Å². The van der Waals surface area contributed by atoms with Crippen molar-refractivity contribution in [1.82, 2.24) is 0 Å². The summed E-state index contributed by atoms with van der Waals surface area (Å²) in [4.78, 5) is 10.6. The van der Waals surface area contributed by atoms with Crippen molar-refractivity contribution in [2.45, 2.75) is 19.8 Å². The molecule has 0 aliphatic heterocycles. The predicted octanol–water partition coefficient (Wildman–Crippen LogP) is 3.79. The van der Waals surface area contributed by atoms with E-state index in [9.17, 15) is 4.79 Å². The van der Waals surface area contributed by atoms with Gasteiger partial charge < -0.3 is 5.11 Å². The average molecular weight is 256 g/mol. The Morgan fingerprint density at radius 1 is 1.26 bits per heavy atom. The van der Waals surface area contributed by atoms with E-state index in [0.717, 1.165) is 12.0 Å². The van der Waals surface area contributed by atoms with E-state index in [1.165, 1.54) is 5.56 Å². The SMILES string of the molecule is C=CC(C)/C=C\C=C/Cc1ccc(CC(=O)O)cc1. The van der Waals surface area contributed by atoms with Gasteiger partial charge in [0.2, 0.25) is 0 Å². The molecule has 0 aliphatic carbocycles. The van der Waals surface area contributed by atoms with Crippen LogP contribution < -0.4 is 0 Å². The zero-order chi connectivity index (χ0) is 14.1. The van der Waals surface area contributed by atoms with Crippen molar-refractivity contribution < 1.29 is 9.90 Å². The van der Waals surface area contributed by atoms with Gasteiger partial charge in [-0.05, 0) is 23.5 Å².